The maximum Gasteiger partial charge on any atom is 0.259 e. The first-order valence-electron chi connectivity index (χ1n) is 9.95. The molecule has 0 unspecified atom stereocenters. The van der Waals surface area contributed by atoms with Crippen LogP contribution >= 0.6 is 0 Å². The normalized spacial score (nSPS) is 11.3. The number of carbonyl (C=O) groups is 1. The smallest absolute Gasteiger partial charge is 0.259 e. The highest BCUT2D eigenvalue weighted by Crippen LogP contribution is 2.19. The minimum absolute atomic E-state index is 0.141. The molecule has 2 N–H and O–H groups in total. The molecule has 0 fully saturated rings. The predicted octanol–water partition coefficient (Wildman–Crippen LogP) is 3.60. The molecule has 3 rings (SSSR count). The van der Waals surface area contributed by atoms with Gasteiger partial charge in [-0.3, -0.25) is 4.79 Å². The highest BCUT2D eigenvalue weighted by molar-refractivity contribution is 7.88. The Morgan fingerprint density at radius 1 is 1.13 bits per heavy atom. The molecule has 0 atom stereocenters. The Bertz CT molecular complexity index is 1160. The Morgan fingerprint density at radius 2 is 1.81 bits per heavy atom. The number of nitrogens with zero attached hydrogens (tertiary/aromatic N) is 2. The van der Waals surface area contributed by atoms with E-state index in [2.05, 4.69) is 21.7 Å². The van der Waals surface area contributed by atoms with Crippen molar-refractivity contribution in [2.75, 3.05) is 11.9 Å². The summed E-state index contributed by atoms with van der Waals surface area (Å²) in [6, 6.07) is 14.7. The molecule has 0 aliphatic heterocycles. The number of anilines is 1. The third-order valence-corrected chi connectivity index (χ3v) is 6.06. The highest BCUT2D eigenvalue weighted by Gasteiger charge is 2.17. The zero-order chi connectivity index (χ0) is 22.4. The van der Waals surface area contributed by atoms with Crippen molar-refractivity contribution < 1.29 is 13.2 Å². The first kappa shape index (κ1) is 22.5. The summed E-state index contributed by atoms with van der Waals surface area (Å²) in [6.45, 7) is 7.68. The molecule has 1 amide bonds. The minimum Gasteiger partial charge on any atom is -0.322 e. The molecule has 0 spiro atoms. The van der Waals surface area contributed by atoms with E-state index in [4.69, 9.17) is 0 Å². The SMILES string of the molecule is C=CCNS(=O)(=O)Cc1ccc(NC(=O)c2cnn(-c3ccc(C)cc3)c2CC)cc1. The fourth-order valence-corrected chi connectivity index (χ4v) is 4.26. The van der Waals surface area contributed by atoms with Crippen LogP contribution in [0.5, 0.6) is 0 Å². The number of hydrogen-bond acceptors (Lipinski definition) is 4. The molecule has 0 aliphatic carbocycles. The monoisotopic (exact) mass is 438 g/mol. The fraction of sp³-hybridized carbons (Fsp3) is 0.217. The Kier molecular flexibility index (Phi) is 7.04. The van der Waals surface area contributed by atoms with E-state index in [1.54, 1.807) is 35.1 Å². The largest absolute Gasteiger partial charge is 0.322 e. The van der Waals surface area contributed by atoms with Gasteiger partial charge in [-0.1, -0.05) is 42.8 Å². The van der Waals surface area contributed by atoms with Crippen LogP contribution in [0.2, 0.25) is 0 Å². The van der Waals surface area contributed by atoms with E-state index in [1.807, 2.05) is 38.1 Å². The number of benzene rings is 2. The lowest BCUT2D eigenvalue weighted by Crippen LogP contribution is -2.25. The van der Waals surface area contributed by atoms with E-state index in [0.29, 0.717) is 23.2 Å². The summed E-state index contributed by atoms with van der Waals surface area (Å²) < 4.78 is 28.2. The van der Waals surface area contributed by atoms with Crippen LogP contribution in [0.25, 0.3) is 5.69 Å². The van der Waals surface area contributed by atoms with E-state index >= 15 is 0 Å². The van der Waals surface area contributed by atoms with Gasteiger partial charge in [-0.15, -0.1) is 6.58 Å². The summed E-state index contributed by atoms with van der Waals surface area (Å²) in [5.41, 5.74) is 4.57. The predicted molar refractivity (Wildman–Crippen MR) is 123 cm³/mol. The molecule has 2 aromatic carbocycles. The van der Waals surface area contributed by atoms with Crippen LogP contribution in [0.1, 0.15) is 34.1 Å². The molecule has 8 heteroatoms. The molecule has 3 aromatic rings. The average molecular weight is 439 g/mol. The van der Waals surface area contributed by atoms with Crippen molar-refractivity contribution in [2.24, 2.45) is 0 Å². The van der Waals surface area contributed by atoms with Gasteiger partial charge in [-0.05, 0) is 43.2 Å². The van der Waals surface area contributed by atoms with E-state index < -0.39 is 10.0 Å². The fourth-order valence-electron chi connectivity index (χ4n) is 3.15. The van der Waals surface area contributed by atoms with Gasteiger partial charge in [0, 0.05) is 12.2 Å². The molecule has 1 heterocycles. The molecule has 31 heavy (non-hydrogen) atoms. The van der Waals surface area contributed by atoms with Crippen LogP contribution in [-0.2, 0) is 22.2 Å². The van der Waals surface area contributed by atoms with Crippen molar-refractivity contribution in [3.05, 3.63) is 89.8 Å². The van der Waals surface area contributed by atoms with Gasteiger partial charge in [0.15, 0.2) is 0 Å². The first-order valence-corrected chi connectivity index (χ1v) is 11.6. The van der Waals surface area contributed by atoms with Gasteiger partial charge in [-0.2, -0.15) is 5.10 Å². The molecule has 0 saturated heterocycles. The number of amides is 1. The zero-order valence-corrected chi connectivity index (χ0v) is 18.4. The summed E-state index contributed by atoms with van der Waals surface area (Å²) in [7, 11) is -3.43. The number of nitrogens with one attached hydrogen (secondary N) is 2. The number of aromatic nitrogens is 2. The maximum absolute atomic E-state index is 12.8. The molecule has 0 saturated carbocycles. The molecule has 0 radical (unpaired) electrons. The highest BCUT2D eigenvalue weighted by atomic mass is 32.2. The van der Waals surface area contributed by atoms with Gasteiger partial charge in [-0.25, -0.2) is 17.8 Å². The maximum atomic E-state index is 12.8. The van der Waals surface area contributed by atoms with Crippen molar-refractivity contribution in [1.29, 1.82) is 0 Å². The lowest BCUT2D eigenvalue weighted by atomic mass is 10.1. The number of sulfonamides is 1. The van der Waals surface area contributed by atoms with Gasteiger partial charge in [0.05, 0.1) is 28.9 Å². The summed E-state index contributed by atoms with van der Waals surface area (Å²) in [5.74, 6) is -0.401. The Hall–Kier alpha value is -3.23. The second kappa shape index (κ2) is 9.72. The molecule has 7 nitrogen and oxygen atoms in total. The number of hydrogen-bond donors (Lipinski definition) is 2. The van der Waals surface area contributed by atoms with Crippen LogP contribution in [-0.4, -0.2) is 30.7 Å². The van der Waals surface area contributed by atoms with Crippen molar-refractivity contribution >= 4 is 21.6 Å². The van der Waals surface area contributed by atoms with Crippen molar-refractivity contribution in [1.82, 2.24) is 14.5 Å². The van der Waals surface area contributed by atoms with Crippen LogP contribution in [0.4, 0.5) is 5.69 Å². The summed E-state index contributed by atoms with van der Waals surface area (Å²) in [6.07, 6.45) is 3.70. The zero-order valence-electron chi connectivity index (χ0n) is 17.6. The van der Waals surface area contributed by atoms with Gasteiger partial charge in [0.1, 0.15) is 0 Å². The lowest BCUT2D eigenvalue weighted by Gasteiger charge is -2.10. The lowest BCUT2D eigenvalue weighted by molar-refractivity contribution is 0.102. The molecular weight excluding hydrogens is 412 g/mol. The van der Waals surface area contributed by atoms with E-state index in [9.17, 15) is 13.2 Å². The average Bonchev–Trinajstić information content (AvgIpc) is 3.18. The van der Waals surface area contributed by atoms with Crippen LogP contribution < -0.4 is 10.0 Å². The van der Waals surface area contributed by atoms with Gasteiger partial charge >= 0.3 is 0 Å². The molecule has 162 valence electrons. The van der Waals surface area contributed by atoms with E-state index in [0.717, 1.165) is 16.9 Å². The van der Waals surface area contributed by atoms with Gasteiger partial charge < -0.3 is 5.32 Å². The number of carbonyl (C=O) groups excluding carboxylic acids is 1. The summed E-state index contributed by atoms with van der Waals surface area (Å²) in [4.78, 5) is 12.8. The van der Waals surface area contributed by atoms with Crippen molar-refractivity contribution in [3.8, 4) is 5.69 Å². The topological polar surface area (TPSA) is 93.1 Å². The Labute approximate surface area is 182 Å². The minimum atomic E-state index is -3.43. The van der Waals surface area contributed by atoms with E-state index in [-0.39, 0.29) is 18.2 Å². The quantitative estimate of drug-likeness (QED) is 0.499. The Balaban J connectivity index is 1.73. The second-order valence-corrected chi connectivity index (χ2v) is 8.96. The van der Waals surface area contributed by atoms with Gasteiger partial charge in [0.25, 0.3) is 5.91 Å². The molecular formula is C23H26N4O3S. The summed E-state index contributed by atoms with van der Waals surface area (Å²) >= 11 is 0. The Morgan fingerprint density at radius 3 is 2.42 bits per heavy atom. The molecule has 0 bridgehead atoms. The standard InChI is InChI=1S/C23H26N4O3S/c1-4-14-25-31(29,30)16-18-8-10-19(11-9-18)26-23(28)21-15-24-27(22(21)5-2)20-12-6-17(3)7-13-20/h4,6-13,15,25H,1,5,14,16H2,2-3H3,(H,26,28). The third-order valence-electron chi connectivity index (χ3n) is 4.74. The third kappa shape index (κ3) is 5.68. The van der Waals surface area contributed by atoms with Crippen molar-refractivity contribution in [3.63, 3.8) is 0 Å². The summed E-state index contributed by atoms with van der Waals surface area (Å²) in [5, 5.41) is 7.26. The molecule has 1 aromatic heterocycles. The van der Waals surface area contributed by atoms with Crippen LogP contribution in [0.3, 0.4) is 0 Å². The number of aryl methyl sites for hydroxylation is 1. The van der Waals surface area contributed by atoms with E-state index in [1.165, 1.54) is 6.08 Å². The van der Waals surface area contributed by atoms with Gasteiger partial charge in [0.2, 0.25) is 10.0 Å². The van der Waals surface area contributed by atoms with Crippen molar-refractivity contribution in [2.45, 2.75) is 26.0 Å². The van der Waals surface area contributed by atoms with Crippen LogP contribution in [0.15, 0.2) is 67.4 Å². The first-order chi connectivity index (χ1) is 14.8. The number of rotatable bonds is 9. The second-order valence-electron chi connectivity index (χ2n) is 7.15. The van der Waals surface area contributed by atoms with Crippen LogP contribution in [0, 0.1) is 6.92 Å². The molecule has 0 aliphatic rings.